The van der Waals surface area contributed by atoms with Gasteiger partial charge in [-0.05, 0) is 11.6 Å². The third kappa shape index (κ3) is 2.62. The van der Waals surface area contributed by atoms with Crippen molar-refractivity contribution >= 4 is 12.2 Å². The molecular formula is C13H13N5. The molecule has 5 nitrogen and oxygen atoms in total. The van der Waals surface area contributed by atoms with Gasteiger partial charge in [0.25, 0.3) is 0 Å². The van der Waals surface area contributed by atoms with Crippen molar-refractivity contribution in [2.24, 2.45) is 5.73 Å². The predicted molar refractivity (Wildman–Crippen MR) is 68.9 cm³/mol. The molecule has 0 radical (unpaired) electrons. The van der Waals surface area contributed by atoms with Gasteiger partial charge in [0.15, 0.2) is 0 Å². The molecule has 0 amide bonds. The van der Waals surface area contributed by atoms with Gasteiger partial charge in [-0.15, -0.1) is 5.10 Å². The van der Waals surface area contributed by atoms with Crippen LogP contribution in [0, 0.1) is 11.3 Å². The van der Waals surface area contributed by atoms with Crippen LogP contribution in [0.25, 0.3) is 12.2 Å². The molecule has 1 aromatic heterocycles. The summed E-state index contributed by atoms with van der Waals surface area (Å²) in [6.07, 6.45) is 3.83. The normalized spacial score (nSPS) is 10.7. The molecule has 18 heavy (non-hydrogen) atoms. The second kappa shape index (κ2) is 5.75. The largest absolute Gasteiger partial charge is 0.325 e. The van der Waals surface area contributed by atoms with Crippen LogP contribution in [0.5, 0.6) is 0 Å². The third-order valence-electron chi connectivity index (χ3n) is 2.49. The van der Waals surface area contributed by atoms with Gasteiger partial charge in [0.1, 0.15) is 12.2 Å². The third-order valence-corrected chi connectivity index (χ3v) is 2.49. The molecule has 0 aliphatic carbocycles. The van der Waals surface area contributed by atoms with Gasteiger partial charge >= 0.3 is 0 Å². The van der Waals surface area contributed by atoms with E-state index >= 15 is 0 Å². The first-order valence-corrected chi connectivity index (χ1v) is 5.57. The van der Waals surface area contributed by atoms with E-state index in [0.717, 1.165) is 11.3 Å². The van der Waals surface area contributed by atoms with E-state index < -0.39 is 0 Å². The van der Waals surface area contributed by atoms with Crippen LogP contribution in [-0.2, 0) is 13.1 Å². The number of hydrogen-bond acceptors (Lipinski definition) is 4. The van der Waals surface area contributed by atoms with Crippen molar-refractivity contribution in [3.8, 4) is 6.07 Å². The van der Waals surface area contributed by atoms with E-state index in [1.54, 1.807) is 4.68 Å². The minimum absolute atomic E-state index is 0.168. The van der Waals surface area contributed by atoms with Crippen LogP contribution in [0.3, 0.4) is 0 Å². The Balaban J connectivity index is 2.30. The lowest BCUT2D eigenvalue weighted by Crippen LogP contribution is -2.03. The molecule has 0 saturated carbocycles. The average Bonchev–Trinajstić information content (AvgIpc) is 2.80. The smallest absolute Gasteiger partial charge is 0.130 e. The highest BCUT2D eigenvalue weighted by molar-refractivity contribution is 5.68. The molecule has 0 atom stereocenters. The topological polar surface area (TPSA) is 80.5 Å². The lowest BCUT2D eigenvalue weighted by Gasteiger charge is -1.98. The number of nitrogens with two attached hydrogens (primary N) is 1. The monoisotopic (exact) mass is 239 g/mol. The molecule has 0 fully saturated rings. The van der Waals surface area contributed by atoms with E-state index in [9.17, 15) is 0 Å². The van der Waals surface area contributed by atoms with Gasteiger partial charge in [0.2, 0.25) is 0 Å². The molecule has 0 aliphatic heterocycles. The highest BCUT2D eigenvalue weighted by atomic mass is 15.4. The van der Waals surface area contributed by atoms with E-state index in [2.05, 4.69) is 10.3 Å². The van der Waals surface area contributed by atoms with Crippen molar-refractivity contribution < 1.29 is 0 Å². The Morgan fingerprint density at radius 1 is 1.28 bits per heavy atom. The van der Waals surface area contributed by atoms with Gasteiger partial charge in [0, 0.05) is 6.54 Å². The van der Waals surface area contributed by atoms with Crippen LogP contribution < -0.4 is 5.73 Å². The van der Waals surface area contributed by atoms with Crippen molar-refractivity contribution in [3.63, 3.8) is 0 Å². The summed E-state index contributed by atoms with van der Waals surface area (Å²) in [6, 6.07) is 11.9. The van der Waals surface area contributed by atoms with Crippen molar-refractivity contribution in [1.82, 2.24) is 15.0 Å². The van der Waals surface area contributed by atoms with Crippen molar-refractivity contribution in [2.45, 2.75) is 13.1 Å². The summed E-state index contributed by atoms with van der Waals surface area (Å²) >= 11 is 0. The van der Waals surface area contributed by atoms with Crippen LogP contribution in [0.1, 0.15) is 17.0 Å². The quantitative estimate of drug-likeness (QED) is 0.875. The Hall–Kier alpha value is -2.45. The van der Waals surface area contributed by atoms with Crippen LogP contribution in [0.2, 0.25) is 0 Å². The van der Waals surface area contributed by atoms with E-state index in [4.69, 9.17) is 11.0 Å². The number of nitriles is 1. The first-order chi connectivity index (χ1) is 8.85. The molecule has 2 aromatic rings. The molecule has 5 heteroatoms. The van der Waals surface area contributed by atoms with Crippen molar-refractivity contribution in [1.29, 1.82) is 5.26 Å². The molecule has 0 spiro atoms. The first-order valence-electron chi connectivity index (χ1n) is 5.57. The second-order valence-corrected chi connectivity index (χ2v) is 3.69. The minimum Gasteiger partial charge on any atom is -0.325 e. The van der Waals surface area contributed by atoms with Crippen LogP contribution in [0.4, 0.5) is 0 Å². The number of benzene rings is 1. The van der Waals surface area contributed by atoms with E-state index in [-0.39, 0.29) is 6.54 Å². The van der Waals surface area contributed by atoms with Gasteiger partial charge in [-0.25, -0.2) is 4.68 Å². The summed E-state index contributed by atoms with van der Waals surface area (Å²) in [5.41, 5.74) is 8.14. The summed E-state index contributed by atoms with van der Waals surface area (Å²) in [7, 11) is 0. The summed E-state index contributed by atoms with van der Waals surface area (Å²) in [5, 5.41) is 16.6. The number of hydrogen-bond donors (Lipinski definition) is 1. The maximum Gasteiger partial charge on any atom is 0.130 e. The van der Waals surface area contributed by atoms with E-state index in [1.165, 1.54) is 0 Å². The minimum atomic E-state index is 0.168. The van der Waals surface area contributed by atoms with E-state index in [1.807, 2.05) is 48.6 Å². The molecule has 0 unspecified atom stereocenters. The average molecular weight is 239 g/mol. The molecule has 0 bridgehead atoms. The SMILES string of the molecule is N#CCn1nnc(CN)c1/C=C/c1ccccc1. The first kappa shape index (κ1) is 12.0. The lowest BCUT2D eigenvalue weighted by atomic mass is 10.2. The molecular weight excluding hydrogens is 226 g/mol. The predicted octanol–water partition coefficient (Wildman–Crippen LogP) is 1.43. The highest BCUT2D eigenvalue weighted by Gasteiger charge is 2.07. The van der Waals surface area contributed by atoms with Gasteiger partial charge in [-0.1, -0.05) is 41.6 Å². The Kier molecular flexibility index (Phi) is 3.84. The van der Waals surface area contributed by atoms with Crippen LogP contribution in [-0.4, -0.2) is 15.0 Å². The number of aromatic nitrogens is 3. The van der Waals surface area contributed by atoms with Gasteiger partial charge in [0.05, 0.1) is 11.8 Å². The van der Waals surface area contributed by atoms with Gasteiger partial charge in [-0.3, -0.25) is 0 Å². The van der Waals surface area contributed by atoms with Crippen molar-refractivity contribution in [3.05, 3.63) is 47.3 Å². The van der Waals surface area contributed by atoms with E-state index in [0.29, 0.717) is 12.2 Å². The molecule has 1 aromatic carbocycles. The fraction of sp³-hybridized carbons (Fsp3) is 0.154. The Bertz CT molecular complexity index is 577. The lowest BCUT2D eigenvalue weighted by molar-refractivity contribution is 0.663. The fourth-order valence-electron chi connectivity index (χ4n) is 1.61. The molecule has 0 aliphatic rings. The van der Waals surface area contributed by atoms with Gasteiger partial charge in [-0.2, -0.15) is 5.26 Å². The van der Waals surface area contributed by atoms with Crippen molar-refractivity contribution in [2.75, 3.05) is 0 Å². The molecule has 90 valence electrons. The second-order valence-electron chi connectivity index (χ2n) is 3.69. The summed E-state index contributed by atoms with van der Waals surface area (Å²) in [5.74, 6) is 0. The summed E-state index contributed by atoms with van der Waals surface area (Å²) in [6.45, 7) is 0.474. The van der Waals surface area contributed by atoms with Gasteiger partial charge < -0.3 is 5.73 Å². The zero-order valence-corrected chi connectivity index (χ0v) is 9.82. The highest BCUT2D eigenvalue weighted by Crippen LogP contribution is 2.10. The standard InChI is InChI=1S/C13H13N5/c14-8-9-18-13(12(10-15)16-17-18)7-6-11-4-2-1-3-5-11/h1-7H,9-10,15H2/b7-6+. The summed E-state index contributed by atoms with van der Waals surface area (Å²) < 4.78 is 1.54. The fourth-order valence-corrected chi connectivity index (χ4v) is 1.61. The maximum atomic E-state index is 8.72. The molecule has 0 saturated heterocycles. The zero-order valence-electron chi connectivity index (χ0n) is 9.82. The zero-order chi connectivity index (χ0) is 12.8. The van der Waals surface area contributed by atoms with Crippen LogP contribution in [0.15, 0.2) is 30.3 Å². The summed E-state index contributed by atoms with van der Waals surface area (Å²) in [4.78, 5) is 0. The Labute approximate surface area is 105 Å². The Morgan fingerprint density at radius 2 is 2.06 bits per heavy atom. The molecule has 2 rings (SSSR count). The number of nitrogens with zero attached hydrogens (tertiary/aromatic N) is 4. The number of rotatable bonds is 4. The maximum absolute atomic E-state index is 8.72. The van der Waals surface area contributed by atoms with Crippen LogP contribution >= 0.6 is 0 Å². The molecule has 2 N–H and O–H groups in total. The Morgan fingerprint density at radius 3 is 2.72 bits per heavy atom. The molecule has 1 heterocycles.